The Morgan fingerprint density at radius 1 is 1.36 bits per heavy atom. The molecule has 1 atom stereocenters. The van der Waals surface area contributed by atoms with E-state index in [0.717, 1.165) is 17.5 Å². The first-order valence-corrected chi connectivity index (χ1v) is 8.37. The van der Waals surface area contributed by atoms with Gasteiger partial charge in [0.1, 0.15) is 11.6 Å². The quantitative estimate of drug-likeness (QED) is 0.602. The van der Waals surface area contributed by atoms with Gasteiger partial charge in [0.25, 0.3) is 0 Å². The molecular formula is C16H18FN3OS. The molecule has 1 fully saturated rings. The highest BCUT2D eigenvalue weighted by molar-refractivity contribution is 8.00. The maximum absolute atomic E-state index is 12.9. The average molecular weight is 319 g/mol. The third kappa shape index (κ3) is 3.06. The Hall–Kier alpha value is -1.69. The zero-order valence-electron chi connectivity index (χ0n) is 12.6. The second-order valence-corrected chi connectivity index (χ2v) is 6.80. The van der Waals surface area contributed by atoms with Crippen molar-refractivity contribution < 1.29 is 9.18 Å². The van der Waals surface area contributed by atoms with Crippen molar-refractivity contribution in [2.75, 3.05) is 0 Å². The summed E-state index contributed by atoms with van der Waals surface area (Å²) in [5.74, 6) is 1.21. The van der Waals surface area contributed by atoms with E-state index in [9.17, 15) is 9.18 Å². The van der Waals surface area contributed by atoms with E-state index in [2.05, 4.69) is 21.7 Å². The molecule has 0 radical (unpaired) electrons. The molecule has 2 aromatic rings. The van der Waals surface area contributed by atoms with Crippen LogP contribution in [0.1, 0.15) is 48.8 Å². The summed E-state index contributed by atoms with van der Waals surface area (Å²) >= 11 is 1.41. The number of aromatic nitrogens is 3. The van der Waals surface area contributed by atoms with Gasteiger partial charge in [0.05, 0.1) is 5.25 Å². The van der Waals surface area contributed by atoms with Crippen LogP contribution in [0, 0.1) is 5.82 Å². The molecule has 3 rings (SSSR count). The number of Topliss-reactive ketones (excluding diaryl/α,β-unsaturated/α-hetero) is 1. The Morgan fingerprint density at radius 3 is 2.64 bits per heavy atom. The van der Waals surface area contributed by atoms with Crippen LogP contribution < -0.4 is 0 Å². The molecule has 1 unspecified atom stereocenters. The van der Waals surface area contributed by atoms with Crippen LogP contribution in [0.5, 0.6) is 0 Å². The minimum absolute atomic E-state index is 0.0244. The van der Waals surface area contributed by atoms with E-state index < -0.39 is 0 Å². The minimum Gasteiger partial charge on any atom is -0.306 e. The van der Waals surface area contributed by atoms with Gasteiger partial charge in [0.2, 0.25) is 0 Å². The van der Waals surface area contributed by atoms with Crippen LogP contribution in [-0.4, -0.2) is 25.8 Å². The van der Waals surface area contributed by atoms with Crippen LogP contribution >= 0.6 is 11.8 Å². The zero-order valence-corrected chi connectivity index (χ0v) is 13.4. The van der Waals surface area contributed by atoms with Gasteiger partial charge in [0, 0.05) is 18.0 Å². The van der Waals surface area contributed by atoms with Crippen molar-refractivity contribution in [3.8, 4) is 0 Å². The number of hydrogen-bond donors (Lipinski definition) is 0. The summed E-state index contributed by atoms with van der Waals surface area (Å²) in [5, 5.41) is 9.02. The van der Waals surface area contributed by atoms with Crippen molar-refractivity contribution in [2.45, 2.75) is 49.6 Å². The predicted octanol–water partition coefficient (Wildman–Crippen LogP) is 3.68. The van der Waals surface area contributed by atoms with Gasteiger partial charge >= 0.3 is 0 Å². The van der Waals surface area contributed by atoms with E-state index in [1.807, 2.05) is 6.92 Å². The van der Waals surface area contributed by atoms with E-state index >= 15 is 0 Å². The summed E-state index contributed by atoms with van der Waals surface area (Å²) in [6.07, 6.45) is 2.35. The van der Waals surface area contributed by atoms with E-state index in [1.165, 1.54) is 48.9 Å². The van der Waals surface area contributed by atoms with Crippen molar-refractivity contribution in [3.05, 3.63) is 41.5 Å². The highest BCUT2D eigenvalue weighted by atomic mass is 32.2. The van der Waals surface area contributed by atoms with Crippen LogP contribution in [0.4, 0.5) is 4.39 Å². The van der Waals surface area contributed by atoms with Crippen LogP contribution in [0.2, 0.25) is 0 Å². The van der Waals surface area contributed by atoms with Gasteiger partial charge in [-0.2, -0.15) is 0 Å². The Morgan fingerprint density at radius 2 is 2.05 bits per heavy atom. The number of nitrogens with zero attached hydrogens (tertiary/aromatic N) is 3. The summed E-state index contributed by atoms with van der Waals surface area (Å²) in [4.78, 5) is 12.4. The maximum Gasteiger partial charge on any atom is 0.191 e. The summed E-state index contributed by atoms with van der Waals surface area (Å²) in [5.41, 5.74) is 0.520. The lowest BCUT2D eigenvalue weighted by molar-refractivity contribution is 0.0994. The van der Waals surface area contributed by atoms with Gasteiger partial charge < -0.3 is 4.57 Å². The van der Waals surface area contributed by atoms with Crippen molar-refractivity contribution in [1.29, 1.82) is 0 Å². The molecule has 4 nitrogen and oxygen atoms in total. The fourth-order valence-corrected chi connectivity index (χ4v) is 3.39. The monoisotopic (exact) mass is 319 g/mol. The lowest BCUT2D eigenvalue weighted by Crippen LogP contribution is -2.15. The molecule has 1 aliphatic rings. The van der Waals surface area contributed by atoms with Crippen LogP contribution in [-0.2, 0) is 6.54 Å². The molecule has 0 amide bonds. The number of hydrogen-bond acceptors (Lipinski definition) is 4. The van der Waals surface area contributed by atoms with E-state index in [-0.39, 0.29) is 16.9 Å². The zero-order chi connectivity index (χ0) is 15.7. The van der Waals surface area contributed by atoms with Gasteiger partial charge in [-0.15, -0.1) is 10.2 Å². The van der Waals surface area contributed by atoms with Crippen molar-refractivity contribution in [1.82, 2.24) is 14.8 Å². The third-order valence-corrected chi connectivity index (χ3v) is 4.86. The van der Waals surface area contributed by atoms with E-state index in [0.29, 0.717) is 11.5 Å². The second kappa shape index (κ2) is 6.20. The topological polar surface area (TPSA) is 47.8 Å². The highest BCUT2D eigenvalue weighted by Crippen LogP contribution is 2.40. The second-order valence-electron chi connectivity index (χ2n) is 5.49. The summed E-state index contributed by atoms with van der Waals surface area (Å²) in [6.45, 7) is 4.71. The molecule has 1 aromatic carbocycles. The normalized spacial score (nSPS) is 15.8. The van der Waals surface area contributed by atoms with Gasteiger partial charge in [0.15, 0.2) is 10.9 Å². The standard InChI is InChI=1S/C16H18FN3OS/c1-3-20-15(12-4-5-12)18-19-16(20)22-10(2)14(21)11-6-8-13(17)9-7-11/h6-10,12H,3-5H2,1-2H3. The molecule has 116 valence electrons. The lowest BCUT2D eigenvalue weighted by Gasteiger charge is -2.11. The van der Waals surface area contributed by atoms with Crippen LogP contribution in [0.15, 0.2) is 29.4 Å². The summed E-state index contributed by atoms with van der Waals surface area (Å²) in [6, 6.07) is 5.67. The molecule has 0 spiro atoms. The number of thioether (sulfide) groups is 1. The Labute approximate surface area is 133 Å². The molecule has 6 heteroatoms. The Balaban J connectivity index is 1.74. The smallest absolute Gasteiger partial charge is 0.191 e. The molecule has 0 aliphatic heterocycles. The van der Waals surface area contributed by atoms with Crippen molar-refractivity contribution >= 4 is 17.5 Å². The largest absolute Gasteiger partial charge is 0.306 e. The first kappa shape index (κ1) is 15.2. The highest BCUT2D eigenvalue weighted by Gasteiger charge is 2.30. The minimum atomic E-state index is -0.336. The molecule has 1 heterocycles. The number of halogens is 1. The number of ketones is 1. The number of benzene rings is 1. The third-order valence-electron chi connectivity index (χ3n) is 3.78. The summed E-state index contributed by atoms with van der Waals surface area (Å²) in [7, 11) is 0. The predicted molar refractivity (Wildman–Crippen MR) is 83.7 cm³/mol. The van der Waals surface area contributed by atoms with Crippen molar-refractivity contribution in [2.24, 2.45) is 0 Å². The maximum atomic E-state index is 12.9. The SMILES string of the molecule is CCn1c(SC(C)C(=O)c2ccc(F)cc2)nnc1C1CC1. The molecule has 22 heavy (non-hydrogen) atoms. The van der Waals surface area contributed by atoms with E-state index in [1.54, 1.807) is 0 Å². The molecule has 1 aliphatic carbocycles. The number of carbonyl (C=O) groups excluding carboxylic acids is 1. The lowest BCUT2D eigenvalue weighted by atomic mass is 10.1. The Bertz CT molecular complexity index is 679. The first-order valence-electron chi connectivity index (χ1n) is 7.49. The van der Waals surface area contributed by atoms with Crippen LogP contribution in [0.3, 0.4) is 0 Å². The fraction of sp³-hybridized carbons (Fsp3) is 0.438. The summed E-state index contributed by atoms with van der Waals surface area (Å²) < 4.78 is 15.0. The van der Waals surface area contributed by atoms with Gasteiger partial charge in [-0.3, -0.25) is 4.79 Å². The van der Waals surface area contributed by atoms with Crippen molar-refractivity contribution in [3.63, 3.8) is 0 Å². The molecule has 0 bridgehead atoms. The molecule has 1 aromatic heterocycles. The van der Waals surface area contributed by atoms with Gasteiger partial charge in [-0.05, 0) is 51.0 Å². The average Bonchev–Trinajstić information content (AvgIpc) is 3.29. The van der Waals surface area contributed by atoms with Crippen LogP contribution in [0.25, 0.3) is 0 Å². The first-order chi connectivity index (χ1) is 10.6. The fourth-order valence-electron chi connectivity index (χ4n) is 2.39. The number of rotatable bonds is 6. The molecular weight excluding hydrogens is 301 g/mol. The number of carbonyl (C=O) groups is 1. The van der Waals surface area contributed by atoms with Gasteiger partial charge in [-0.25, -0.2) is 4.39 Å². The van der Waals surface area contributed by atoms with Gasteiger partial charge in [-0.1, -0.05) is 11.8 Å². The molecule has 0 N–H and O–H groups in total. The molecule has 0 saturated heterocycles. The molecule has 1 saturated carbocycles. The van der Waals surface area contributed by atoms with E-state index in [4.69, 9.17) is 0 Å². The Kier molecular flexibility index (Phi) is 4.29.